The normalized spacial score (nSPS) is 22.6. The Morgan fingerprint density at radius 2 is 1.90 bits per heavy atom. The van der Waals surface area contributed by atoms with Gasteiger partial charge >= 0.3 is 12.1 Å². The van der Waals surface area contributed by atoms with Crippen molar-refractivity contribution in [2.24, 2.45) is 5.92 Å². The fourth-order valence-electron chi connectivity index (χ4n) is 2.43. The van der Waals surface area contributed by atoms with Crippen LogP contribution in [0, 0.1) is 5.92 Å². The van der Waals surface area contributed by atoms with Crippen LogP contribution in [0.5, 0.6) is 0 Å². The van der Waals surface area contributed by atoms with Crippen LogP contribution in [0.1, 0.15) is 40.5 Å². The predicted octanol–water partition coefficient (Wildman–Crippen LogP) is 1.22. The minimum Gasteiger partial charge on any atom is -0.481 e. The van der Waals surface area contributed by atoms with Crippen molar-refractivity contribution in [3.63, 3.8) is 0 Å². The molecule has 0 spiro atoms. The molecule has 21 heavy (non-hydrogen) atoms. The molecule has 0 aromatic carbocycles. The van der Waals surface area contributed by atoms with Gasteiger partial charge in [-0.1, -0.05) is 0 Å². The summed E-state index contributed by atoms with van der Waals surface area (Å²) in [7, 11) is 0. The third kappa shape index (κ3) is 6.46. The van der Waals surface area contributed by atoms with Crippen molar-refractivity contribution in [1.82, 2.24) is 10.2 Å². The van der Waals surface area contributed by atoms with E-state index < -0.39 is 17.7 Å². The highest BCUT2D eigenvalue weighted by Gasteiger charge is 2.31. The van der Waals surface area contributed by atoms with Crippen molar-refractivity contribution in [2.75, 3.05) is 13.1 Å². The molecule has 0 aromatic rings. The molecule has 0 aromatic heterocycles. The van der Waals surface area contributed by atoms with Gasteiger partial charge in [0.15, 0.2) is 0 Å². The first-order valence-electron chi connectivity index (χ1n) is 7.03. The first-order valence-corrected chi connectivity index (χ1v) is 7.03. The number of carbonyl (C=O) groups is 3. The van der Waals surface area contributed by atoms with Crippen molar-refractivity contribution >= 4 is 18.0 Å². The van der Waals surface area contributed by atoms with Gasteiger partial charge in [0.05, 0.1) is 6.04 Å². The second-order valence-corrected chi connectivity index (χ2v) is 6.47. The Labute approximate surface area is 124 Å². The molecule has 1 rings (SSSR count). The van der Waals surface area contributed by atoms with E-state index in [1.165, 1.54) is 6.92 Å². The number of ether oxygens (including phenoxy) is 1. The number of amides is 2. The summed E-state index contributed by atoms with van der Waals surface area (Å²) in [6.45, 7) is 7.53. The Hall–Kier alpha value is -1.79. The molecule has 7 heteroatoms. The number of carboxylic acids is 1. The number of nitrogens with one attached hydrogen (secondary N) is 1. The topological polar surface area (TPSA) is 95.9 Å². The molecule has 0 aliphatic carbocycles. The Morgan fingerprint density at radius 3 is 2.38 bits per heavy atom. The quantitative estimate of drug-likeness (QED) is 0.817. The minimum atomic E-state index is -0.901. The molecule has 1 fully saturated rings. The van der Waals surface area contributed by atoms with Crippen LogP contribution in [0.4, 0.5) is 4.79 Å². The van der Waals surface area contributed by atoms with E-state index in [1.807, 2.05) is 0 Å². The number of nitrogens with zero attached hydrogens (tertiary/aromatic N) is 1. The fraction of sp³-hybridized carbons (Fsp3) is 0.786. The van der Waals surface area contributed by atoms with Crippen molar-refractivity contribution in [3.05, 3.63) is 0 Å². The van der Waals surface area contributed by atoms with Gasteiger partial charge in [0, 0.05) is 26.4 Å². The first-order chi connectivity index (χ1) is 9.56. The van der Waals surface area contributed by atoms with Crippen molar-refractivity contribution < 1.29 is 24.2 Å². The summed E-state index contributed by atoms with van der Waals surface area (Å²) >= 11 is 0. The Morgan fingerprint density at radius 1 is 1.29 bits per heavy atom. The highest BCUT2D eigenvalue weighted by molar-refractivity contribution is 5.74. The average Bonchev–Trinajstić information content (AvgIpc) is 2.24. The summed E-state index contributed by atoms with van der Waals surface area (Å²) < 4.78 is 5.18. The number of carboxylic acid groups (broad SMARTS) is 1. The van der Waals surface area contributed by atoms with Crippen molar-refractivity contribution in [3.8, 4) is 0 Å². The molecule has 1 heterocycles. The lowest BCUT2D eigenvalue weighted by Gasteiger charge is -2.37. The zero-order chi connectivity index (χ0) is 16.2. The molecule has 7 nitrogen and oxygen atoms in total. The summed E-state index contributed by atoms with van der Waals surface area (Å²) in [5, 5.41) is 11.6. The smallest absolute Gasteiger partial charge is 0.407 e. The molecule has 120 valence electrons. The molecular weight excluding hydrogens is 276 g/mol. The monoisotopic (exact) mass is 300 g/mol. The summed E-state index contributed by atoms with van der Waals surface area (Å²) in [5.74, 6) is -1.19. The van der Waals surface area contributed by atoms with Gasteiger partial charge in [-0.15, -0.1) is 0 Å². The van der Waals surface area contributed by atoms with E-state index in [0.29, 0.717) is 19.5 Å². The minimum absolute atomic E-state index is 0.0176. The molecule has 1 saturated heterocycles. The highest BCUT2D eigenvalue weighted by Crippen LogP contribution is 2.21. The molecule has 0 bridgehead atoms. The maximum absolute atomic E-state index is 11.8. The van der Waals surface area contributed by atoms with E-state index in [9.17, 15) is 14.4 Å². The van der Waals surface area contributed by atoms with Crippen LogP contribution in [0.15, 0.2) is 0 Å². The standard InChI is InChI=1S/C14H24N2O5/c1-9(17)16-7-10(6-12(18)19)5-11(8-16)15-13(20)21-14(2,3)4/h10-11H,5-8H2,1-4H3,(H,15,20)(H,18,19). The molecular formula is C14H24N2O5. The molecule has 1 aliphatic heterocycles. The van der Waals surface area contributed by atoms with Gasteiger partial charge in [-0.3, -0.25) is 9.59 Å². The van der Waals surface area contributed by atoms with Crippen molar-refractivity contribution in [1.29, 1.82) is 0 Å². The van der Waals surface area contributed by atoms with Gasteiger partial charge in [0.2, 0.25) is 5.91 Å². The molecule has 2 atom stereocenters. The number of hydrogen-bond acceptors (Lipinski definition) is 4. The number of alkyl carbamates (subject to hydrolysis) is 1. The predicted molar refractivity (Wildman–Crippen MR) is 75.8 cm³/mol. The van der Waals surface area contributed by atoms with E-state index in [-0.39, 0.29) is 24.3 Å². The fourth-order valence-corrected chi connectivity index (χ4v) is 2.43. The largest absolute Gasteiger partial charge is 0.481 e. The summed E-state index contributed by atoms with van der Waals surface area (Å²) in [5.41, 5.74) is -0.598. The number of likely N-dealkylation sites (tertiary alicyclic amines) is 1. The zero-order valence-corrected chi connectivity index (χ0v) is 13.0. The summed E-state index contributed by atoms with van der Waals surface area (Å²) in [6, 6.07) is -0.290. The molecule has 2 N–H and O–H groups in total. The number of piperidine rings is 1. The summed E-state index contributed by atoms with van der Waals surface area (Å²) in [4.78, 5) is 35.7. The molecule has 0 radical (unpaired) electrons. The van der Waals surface area contributed by atoms with Gasteiger partial charge in [0.1, 0.15) is 5.60 Å². The lowest BCUT2D eigenvalue weighted by atomic mass is 9.91. The van der Waals surface area contributed by atoms with E-state index in [4.69, 9.17) is 9.84 Å². The average molecular weight is 300 g/mol. The lowest BCUT2D eigenvalue weighted by Crippen LogP contribution is -2.53. The lowest BCUT2D eigenvalue weighted by molar-refractivity contribution is -0.140. The van der Waals surface area contributed by atoms with Gasteiger partial charge in [-0.05, 0) is 33.1 Å². The number of carbonyl (C=O) groups excluding carboxylic acids is 2. The second kappa shape index (κ2) is 6.78. The van der Waals surface area contributed by atoms with Crippen LogP contribution in [-0.4, -0.2) is 52.7 Å². The maximum atomic E-state index is 11.8. The van der Waals surface area contributed by atoms with E-state index in [2.05, 4.69) is 5.32 Å². The second-order valence-electron chi connectivity index (χ2n) is 6.47. The number of hydrogen-bond donors (Lipinski definition) is 2. The van der Waals surface area contributed by atoms with Gasteiger partial charge < -0.3 is 20.1 Å². The third-order valence-electron chi connectivity index (χ3n) is 3.17. The van der Waals surface area contributed by atoms with Crippen LogP contribution in [0.3, 0.4) is 0 Å². The van der Waals surface area contributed by atoms with Crippen LogP contribution >= 0.6 is 0 Å². The molecule has 0 saturated carbocycles. The van der Waals surface area contributed by atoms with Crippen LogP contribution < -0.4 is 5.32 Å². The van der Waals surface area contributed by atoms with Crippen LogP contribution in [0.2, 0.25) is 0 Å². The summed E-state index contributed by atoms with van der Waals surface area (Å²) in [6.07, 6.45) is -0.0435. The molecule has 2 unspecified atom stereocenters. The van der Waals surface area contributed by atoms with Crippen LogP contribution in [0.25, 0.3) is 0 Å². The van der Waals surface area contributed by atoms with E-state index in [0.717, 1.165) is 0 Å². The third-order valence-corrected chi connectivity index (χ3v) is 3.17. The first kappa shape index (κ1) is 17.3. The Balaban J connectivity index is 2.65. The van der Waals surface area contributed by atoms with Gasteiger partial charge in [-0.25, -0.2) is 4.79 Å². The Kier molecular flexibility index (Phi) is 5.57. The zero-order valence-electron chi connectivity index (χ0n) is 13.0. The Bertz CT molecular complexity index is 416. The van der Waals surface area contributed by atoms with Crippen LogP contribution in [-0.2, 0) is 14.3 Å². The number of aliphatic carboxylic acids is 1. The van der Waals surface area contributed by atoms with Crippen molar-refractivity contribution in [2.45, 2.75) is 52.2 Å². The van der Waals surface area contributed by atoms with E-state index in [1.54, 1.807) is 25.7 Å². The highest BCUT2D eigenvalue weighted by atomic mass is 16.6. The number of rotatable bonds is 3. The SMILES string of the molecule is CC(=O)N1CC(CC(=O)O)CC(NC(=O)OC(C)(C)C)C1. The molecule has 1 aliphatic rings. The van der Waals surface area contributed by atoms with Gasteiger partial charge in [0.25, 0.3) is 0 Å². The molecule has 2 amide bonds. The maximum Gasteiger partial charge on any atom is 0.407 e. The van der Waals surface area contributed by atoms with E-state index >= 15 is 0 Å². The van der Waals surface area contributed by atoms with Gasteiger partial charge in [-0.2, -0.15) is 0 Å².